The van der Waals surface area contributed by atoms with E-state index in [1.54, 1.807) is 43.2 Å². The molecule has 7 nitrogen and oxygen atoms in total. The molecule has 0 aliphatic carbocycles. The molecule has 2 aromatic rings. The number of hydrogen-bond donors (Lipinski definition) is 1. The molecule has 1 aromatic carbocycles. The Labute approximate surface area is 173 Å². The molecule has 1 N–H and O–H groups in total. The molecule has 8 heteroatoms. The fourth-order valence-electron chi connectivity index (χ4n) is 3.81. The summed E-state index contributed by atoms with van der Waals surface area (Å²) in [7, 11) is 3.17. The molecule has 1 saturated heterocycles. The predicted octanol–water partition coefficient (Wildman–Crippen LogP) is 2.09. The maximum Gasteiger partial charge on any atom is 0.232 e. The average Bonchev–Trinajstić information content (AvgIpc) is 3.26. The Morgan fingerprint density at radius 2 is 2.21 bits per heavy atom. The van der Waals surface area contributed by atoms with Gasteiger partial charge in [-0.2, -0.15) is 5.26 Å². The van der Waals surface area contributed by atoms with Crippen molar-refractivity contribution in [2.24, 2.45) is 0 Å². The molecule has 0 saturated carbocycles. The summed E-state index contributed by atoms with van der Waals surface area (Å²) in [6, 6.07) is 11.7. The fourth-order valence-corrected chi connectivity index (χ4v) is 5.01. The highest BCUT2D eigenvalue weighted by molar-refractivity contribution is 8.02. The normalized spacial score (nSPS) is 21.6. The molecule has 0 bridgehead atoms. The van der Waals surface area contributed by atoms with Gasteiger partial charge in [-0.25, -0.2) is 0 Å². The van der Waals surface area contributed by atoms with E-state index in [0.717, 1.165) is 22.2 Å². The van der Waals surface area contributed by atoms with E-state index in [1.807, 2.05) is 24.3 Å². The van der Waals surface area contributed by atoms with Crippen molar-refractivity contribution < 1.29 is 23.6 Å². The number of hydrogen-bond acceptors (Lipinski definition) is 6. The lowest BCUT2D eigenvalue weighted by Crippen LogP contribution is -3.12. The zero-order valence-electron chi connectivity index (χ0n) is 16.3. The number of furan rings is 1. The van der Waals surface area contributed by atoms with Gasteiger partial charge in [-0.3, -0.25) is 9.69 Å². The molecule has 1 aromatic heterocycles. The maximum atomic E-state index is 13.0. The molecule has 2 aliphatic rings. The van der Waals surface area contributed by atoms with Crippen molar-refractivity contribution in [1.29, 1.82) is 5.26 Å². The lowest BCUT2D eigenvalue weighted by molar-refractivity contribution is -0.911. The number of nitrogens with zero attached hydrogens (tertiary/aromatic N) is 2. The van der Waals surface area contributed by atoms with E-state index < -0.39 is 0 Å². The van der Waals surface area contributed by atoms with Gasteiger partial charge >= 0.3 is 0 Å². The van der Waals surface area contributed by atoms with Crippen LogP contribution in [0.2, 0.25) is 0 Å². The zero-order chi connectivity index (χ0) is 20.4. The number of ether oxygens (including phenoxy) is 2. The molecular formula is C21H22N3O4S+. The van der Waals surface area contributed by atoms with Gasteiger partial charge in [0.1, 0.15) is 28.9 Å². The number of carbonyl (C=O) groups excluding carboxylic acids is 1. The second kappa shape index (κ2) is 8.23. The third kappa shape index (κ3) is 3.71. The van der Waals surface area contributed by atoms with Crippen LogP contribution in [0.4, 0.5) is 0 Å². The molecule has 2 atom stereocenters. The number of amides is 1. The molecular weight excluding hydrogens is 390 g/mol. The van der Waals surface area contributed by atoms with Crippen molar-refractivity contribution in [1.82, 2.24) is 4.90 Å². The second-order valence-corrected chi connectivity index (χ2v) is 7.93. The molecule has 0 spiro atoms. The lowest BCUT2D eigenvalue weighted by Gasteiger charge is -2.39. The van der Waals surface area contributed by atoms with E-state index in [9.17, 15) is 10.1 Å². The van der Waals surface area contributed by atoms with Gasteiger partial charge in [-0.1, -0.05) is 6.07 Å². The summed E-state index contributed by atoms with van der Waals surface area (Å²) in [5, 5.41) is 10.7. The summed E-state index contributed by atoms with van der Waals surface area (Å²) >= 11 is 1.55. The first kappa shape index (κ1) is 19.4. The minimum absolute atomic E-state index is 0.0195. The number of fused-ring (bicyclic) bond motifs is 1. The molecule has 2 aliphatic heterocycles. The van der Waals surface area contributed by atoms with Crippen molar-refractivity contribution >= 4 is 17.7 Å². The predicted molar refractivity (Wildman–Crippen MR) is 107 cm³/mol. The van der Waals surface area contributed by atoms with Crippen molar-refractivity contribution in [2.75, 3.05) is 26.8 Å². The number of allylic oxidation sites excluding steroid dienone is 1. The SMILES string of the molecule is COc1ccc([C@H]2CC(=O)N3C[NH+](Cc4ccco4)CSC3=C2C#N)c(OC)c1. The lowest BCUT2D eigenvalue weighted by atomic mass is 9.86. The minimum atomic E-state index is -0.321. The summed E-state index contributed by atoms with van der Waals surface area (Å²) in [6.45, 7) is 1.23. The molecule has 3 heterocycles. The van der Waals surface area contributed by atoms with Gasteiger partial charge in [0.15, 0.2) is 12.4 Å². The highest BCUT2D eigenvalue weighted by Crippen LogP contribution is 2.43. The first-order valence-electron chi connectivity index (χ1n) is 9.30. The number of carbonyl (C=O) groups is 1. The van der Waals surface area contributed by atoms with Gasteiger partial charge in [-0.05, 0) is 30.0 Å². The van der Waals surface area contributed by atoms with Gasteiger partial charge in [0.2, 0.25) is 5.91 Å². The first-order chi connectivity index (χ1) is 14.1. The molecule has 1 unspecified atom stereocenters. The summed E-state index contributed by atoms with van der Waals surface area (Å²) in [5.74, 6) is 2.64. The summed E-state index contributed by atoms with van der Waals surface area (Å²) in [6.07, 6.45) is 1.90. The van der Waals surface area contributed by atoms with Crippen LogP contribution in [0.25, 0.3) is 0 Å². The monoisotopic (exact) mass is 412 g/mol. The number of nitriles is 1. The van der Waals surface area contributed by atoms with E-state index in [0.29, 0.717) is 30.3 Å². The van der Waals surface area contributed by atoms with Crippen molar-refractivity contribution in [3.63, 3.8) is 0 Å². The van der Waals surface area contributed by atoms with E-state index in [1.165, 1.54) is 4.90 Å². The number of thioether (sulfide) groups is 1. The minimum Gasteiger partial charge on any atom is -0.497 e. The summed E-state index contributed by atoms with van der Waals surface area (Å²) < 4.78 is 16.2. The standard InChI is InChI=1S/C21H21N3O4S/c1-26-14-5-6-16(19(8-14)27-2)17-9-20(25)24-12-23(11-15-4-3-7-28-15)13-29-21(24)18(17)10-22/h3-8,17H,9,11-13H2,1-2H3/p+1/t17-/m1/s1. The summed E-state index contributed by atoms with van der Waals surface area (Å²) in [5.41, 5.74) is 1.45. The Morgan fingerprint density at radius 1 is 1.34 bits per heavy atom. The van der Waals surface area contributed by atoms with Crippen molar-refractivity contribution in [3.8, 4) is 17.6 Å². The Kier molecular flexibility index (Phi) is 5.51. The maximum absolute atomic E-state index is 13.0. The van der Waals surface area contributed by atoms with Crippen LogP contribution in [0.15, 0.2) is 51.6 Å². The van der Waals surface area contributed by atoms with Crippen LogP contribution >= 0.6 is 11.8 Å². The molecule has 1 fully saturated rings. The van der Waals surface area contributed by atoms with Crippen LogP contribution < -0.4 is 14.4 Å². The fraction of sp³-hybridized carbons (Fsp3) is 0.333. The topological polar surface area (TPSA) is 80.1 Å². The van der Waals surface area contributed by atoms with E-state index in [-0.39, 0.29) is 18.2 Å². The first-order valence-corrected chi connectivity index (χ1v) is 10.3. The third-order valence-electron chi connectivity index (χ3n) is 5.24. The van der Waals surface area contributed by atoms with Crippen LogP contribution in [0, 0.1) is 11.3 Å². The Balaban J connectivity index is 1.64. The van der Waals surface area contributed by atoms with Crippen molar-refractivity contribution in [2.45, 2.75) is 18.9 Å². The van der Waals surface area contributed by atoms with Crippen LogP contribution in [0.5, 0.6) is 11.5 Å². The van der Waals surface area contributed by atoms with Crippen LogP contribution in [0.3, 0.4) is 0 Å². The number of benzene rings is 1. The zero-order valence-corrected chi connectivity index (χ0v) is 17.1. The van der Waals surface area contributed by atoms with E-state index >= 15 is 0 Å². The van der Waals surface area contributed by atoms with Gasteiger partial charge in [-0.15, -0.1) is 0 Å². The average molecular weight is 412 g/mol. The van der Waals surface area contributed by atoms with Gasteiger partial charge in [0.25, 0.3) is 0 Å². The molecule has 1 amide bonds. The number of rotatable bonds is 5. The van der Waals surface area contributed by atoms with E-state index in [2.05, 4.69) is 6.07 Å². The number of quaternary nitrogens is 1. The number of nitrogens with one attached hydrogen (secondary N) is 1. The Bertz CT molecular complexity index is 980. The highest BCUT2D eigenvalue weighted by Gasteiger charge is 2.40. The quantitative estimate of drug-likeness (QED) is 0.810. The van der Waals surface area contributed by atoms with Crippen molar-refractivity contribution in [3.05, 3.63) is 58.5 Å². The van der Waals surface area contributed by atoms with E-state index in [4.69, 9.17) is 13.9 Å². The molecule has 29 heavy (non-hydrogen) atoms. The summed E-state index contributed by atoms with van der Waals surface area (Å²) in [4.78, 5) is 16.0. The van der Waals surface area contributed by atoms with Gasteiger partial charge in [0, 0.05) is 24.0 Å². The smallest absolute Gasteiger partial charge is 0.232 e. The largest absolute Gasteiger partial charge is 0.497 e. The molecule has 150 valence electrons. The number of methoxy groups -OCH3 is 2. The van der Waals surface area contributed by atoms with Crippen LogP contribution in [0.1, 0.15) is 23.7 Å². The molecule has 0 radical (unpaired) electrons. The Hall–Kier alpha value is -2.89. The Morgan fingerprint density at radius 3 is 2.90 bits per heavy atom. The third-order valence-corrected chi connectivity index (χ3v) is 6.51. The molecule has 4 rings (SSSR count). The van der Waals surface area contributed by atoms with Gasteiger partial charge in [0.05, 0.1) is 32.1 Å². The van der Waals surface area contributed by atoms with Gasteiger partial charge < -0.3 is 18.8 Å². The van der Waals surface area contributed by atoms with Crippen LogP contribution in [-0.2, 0) is 11.3 Å². The van der Waals surface area contributed by atoms with Crippen LogP contribution in [-0.4, -0.2) is 37.6 Å². The second-order valence-electron chi connectivity index (χ2n) is 6.97. The highest BCUT2D eigenvalue weighted by atomic mass is 32.2.